The lowest BCUT2D eigenvalue weighted by molar-refractivity contribution is -0.153. The lowest BCUT2D eigenvalue weighted by Gasteiger charge is -2.22. The van der Waals surface area contributed by atoms with Gasteiger partial charge < -0.3 is 4.74 Å². The van der Waals surface area contributed by atoms with Gasteiger partial charge in [0.1, 0.15) is 11.8 Å². The number of hydrogen-bond donors (Lipinski definition) is 1. The van der Waals surface area contributed by atoms with Crippen molar-refractivity contribution in [2.75, 3.05) is 0 Å². The molecule has 1 atom stereocenters. The van der Waals surface area contributed by atoms with Gasteiger partial charge in [0.15, 0.2) is 5.75 Å². The minimum atomic E-state index is -4.43. The Morgan fingerprint density at radius 1 is 1.21 bits per heavy atom. The van der Waals surface area contributed by atoms with Gasteiger partial charge in [-0.3, -0.25) is 9.78 Å². The molecule has 39 heavy (non-hydrogen) atoms. The molecule has 1 heterocycles. The van der Waals surface area contributed by atoms with Gasteiger partial charge in [-0.15, -0.1) is 5.10 Å². The minimum Gasteiger partial charge on any atom is -0.454 e. The van der Waals surface area contributed by atoms with Crippen LogP contribution in [0.4, 0.5) is 13.2 Å². The van der Waals surface area contributed by atoms with E-state index in [9.17, 15) is 22.8 Å². The lowest BCUT2D eigenvalue weighted by atomic mass is 9.89. The molecule has 12 heteroatoms. The molecule has 7 nitrogen and oxygen atoms in total. The maximum absolute atomic E-state index is 13.6. The molecule has 2 aromatic carbocycles. The fourth-order valence-electron chi connectivity index (χ4n) is 3.50. The van der Waals surface area contributed by atoms with E-state index in [4.69, 9.17) is 33.2 Å². The van der Waals surface area contributed by atoms with Crippen LogP contribution in [-0.4, -0.2) is 20.9 Å². The van der Waals surface area contributed by atoms with Gasteiger partial charge in [0, 0.05) is 0 Å². The Morgan fingerprint density at radius 3 is 2.36 bits per heavy atom. The van der Waals surface area contributed by atoms with Crippen molar-refractivity contribution in [1.82, 2.24) is 14.8 Å². The highest BCUT2D eigenvalue weighted by Gasteiger charge is 2.39. The molecule has 0 aliphatic rings. The number of hydrogen-bond acceptors (Lipinski definition) is 5. The van der Waals surface area contributed by atoms with Crippen molar-refractivity contribution in [1.29, 1.82) is 5.26 Å². The second kappa shape index (κ2) is 13.5. The Balaban J connectivity index is 0.00000260. The third kappa shape index (κ3) is 7.52. The standard InChI is InChI=1S/C25H21Cl2F3N4O3.C2H6/c1-4-5-6-17(14(3)25(28,29)30)18-11-16(8-7-13(18)2)37-22-19(26)9-15(10-20(22)27)34-24(36)32-23(35)21(12-31)33-34;1-2/h6-11,14H,4-5H2,1-3H3,(H,32,35,36);1-2H3/b17-6-;. The predicted octanol–water partition coefficient (Wildman–Crippen LogP) is 7.61. The highest BCUT2D eigenvalue weighted by atomic mass is 35.5. The molecule has 0 saturated carbocycles. The zero-order chi connectivity index (χ0) is 29.5. The molecule has 0 aliphatic heterocycles. The summed E-state index contributed by atoms with van der Waals surface area (Å²) in [6.45, 7) is 8.71. The highest BCUT2D eigenvalue weighted by Crippen LogP contribution is 2.42. The molecule has 1 unspecified atom stereocenters. The topological polar surface area (TPSA) is 101 Å². The number of aromatic amines is 1. The number of benzene rings is 2. The van der Waals surface area contributed by atoms with Crippen LogP contribution < -0.4 is 16.0 Å². The lowest BCUT2D eigenvalue weighted by Crippen LogP contribution is -2.33. The first-order valence-electron chi connectivity index (χ1n) is 12.1. The first-order chi connectivity index (χ1) is 18.4. The molecular formula is C27H27Cl2F3N4O3. The van der Waals surface area contributed by atoms with Crippen LogP contribution in [0.3, 0.4) is 0 Å². The van der Waals surface area contributed by atoms with Crippen LogP contribution in [-0.2, 0) is 0 Å². The fourth-order valence-corrected chi connectivity index (χ4v) is 4.06. The Kier molecular flexibility index (Phi) is 11.0. The average Bonchev–Trinajstić information content (AvgIpc) is 2.88. The summed E-state index contributed by atoms with van der Waals surface area (Å²) >= 11 is 12.7. The van der Waals surface area contributed by atoms with Crippen molar-refractivity contribution < 1.29 is 17.9 Å². The van der Waals surface area contributed by atoms with Crippen LogP contribution in [0.25, 0.3) is 11.3 Å². The quantitative estimate of drug-likeness (QED) is 0.309. The second-order valence-electron chi connectivity index (χ2n) is 8.16. The number of nitrogens with zero attached hydrogens (tertiary/aromatic N) is 3. The maximum atomic E-state index is 13.6. The average molecular weight is 583 g/mol. The van der Waals surface area contributed by atoms with Gasteiger partial charge >= 0.3 is 11.9 Å². The van der Waals surface area contributed by atoms with Gasteiger partial charge in [0.05, 0.1) is 21.7 Å². The summed E-state index contributed by atoms with van der Waals surface area (Å²) in [5.41, 5.74) is -1.20. The van der Waals surface area contributed by atoms with Crippen LogP contribution in [0.15, 0.2) is 46.0 Å². The van der Waals surface area contributed by atoms with Gasteiger partial charge in [-0.05, 0) is 61.2 Å². The molecular weight excluding hydrogens is 556 g/mol. The SMILES string of the molecule is CC.CCC/C=C(\c1cc(Oc2c(Cl)cc(-n3nc(C#N)c(=O)[nH]c3=O)cc2Cl)ccc1C)C(C)C(F)(F)F. The molecule has 3 rings (SSSR count). The van der Waals surface area contributed by atoms with Crippen molar-refractivity contribution in [3.05, 3.63) is 84.1 Å². The molecule has 3 aromatic rings. The van der Waals surface area contributed by atoms with E-state index >= 15 is 0 Å². The number of H-pyrrole nitrogens is 1. The highest BCUT2D eigenvalue weighted by molar-refractivity contribution is 6.37. The molecule has 0 aliphatic carbocycles. The summed E-state index contributed by atoms with van der Waals surface area (Å²) in [6, 6.07) is 8.84. The van der Waals surface area contributed by atoms with Crippen molar-refractivity contribution in [3.8, 4) is 23.3 Å². The van der Waals surface area contributed by atoms with E-state index in [1.807, 2.05) is 25.8 Å². The molecule has 0 saturated heterocycles. The molecule has 208 valence electrons. The molecule has 0 spiro atoms. The van der Waals surface area contributed by atoms with Crippen LogP contribution in [0, 0.1) is 24.2 Å². The number of alkyl halides is 3. The first-order valence-corrected chi connectivity index (χ1v) is 12.8. The van der Waals surface area contributed by atoms with Gasteiger partial charge in [0.2, 0.25) is 5.69 Å². The normalized spacial score (nSPS) is 12.3. The molecule has 1 N–H and O–H groups in total. The van der Waals surface area contributed by atoms with E-state index in [1.165, 1.54) is 18.2 Å². The summed E-state index contributed by atoms with van der Waals surface area (Å²) in [7, 11) is 0. The number of aromatic nitrogens is 3. The number of allylic oxidation sites excluding steroid dienone is 2. The second-order valence-corrected chi connectivity index (χ2v) is 8.97. The molecule has 0 bridgehead atoms. The number of halogens is 5. The zero-order valence-corrected chi connectivity index (χ0v) is 23.4. The number of aryl methyl sites for hydroxylation is 1. The van der Waals surface area contributed by atoms with E-state index in [0.717, 1.165) is 11.6 Å². The Morgan fingerprint density at radius 2 is 1.82 bits per heavy atom. The van der Waals surface area contributed by atoms with Gasteiger partial charge in [-0.25, -0.2) is 4.79 Å². The van der Waals surface area contributed by atoms with Crippen LogP contribution in [0.1, 0.15) is 57.4 Å². The third-order valence-electron chi connectivity index (χ3n) is 5.51. The monoisotopic (exact) mass is 582 g/mol. The van der Waals surface area contributed by atoms with Gasteiger partial charge in [-0.2, -0.15) is 23.1 Å². The summed E-state index contributed by atoms with van der Waals surface area (Å²) in [6.07, 6.45) is -1.68. The smallest absolute Gasteiger partial charge is 0.395 e. The Bertz CT molecular complexity index is 1500. The summed E-state index contributed by atoms with van der Waals surface area (Å²) in [4.78, 5) is 25.8. The molecule has 0 fully saturated rings. The number of rotatable bonds is 7. The Labute approximate surface area is 233 Å². The number of ether oxygens (including phenoxy) is 1. The van der Waals surface area contributed by atoms with E-state index in [0.29, 0.717) is 24.0 Å². The number of unbranched alkanes of at least 4 members (excludes halogenated alkanes) is 1. The van der Waals surface area contributed by atoms with E-state index < -0.39 is 29.0 Å². The van der Waals surface area contributed by atoms with Gasteiger partial charge in [0.25, 0.3) is 5.56 Å². The van der Waals surface area contributed by atoms with Crippen LogP contribution >= 0.6 is 23.2 Å². The van der Waals surface area contributed by atoms with Gasteiger partial charge in [-0.1, -0.05) is 62.5 Å². The summed E-state index contributed by atoms with van der Waals surface area (Å²) in [5.74, 6) is -1.51. The van der Waals surface area contributed by atoms with Crippen LogP contribution in [0.2, 0.25) is 10.0 Å². The van der Waals surface area contributed by atoms with Crippen LogP contribution in [0.5, 0.6) is 11.5 Å². The van der Waals surface area contributed by atoms with E-state index in [2.05, 4.69) is 5.10 Å². The molecule has 0 amide bonds. The van der Waals surface area contributed by atoms with E-state index in [-0.39, 0.29) is 32.8 Å². The fraction of sp³-hybridized carbons (Fsp3) is 0.333. The summed E-state index contributed by atoms with van der Waals surface area (Å²) < 4.78 is 47.4. The van der Waals surface area contributed by atoms with Crippen molar-refractivity contribution in [2.24, 2.45) is 5.92 Å². The summed E-state index contributed by atoms with van der Waals surface area (Å²) in [5, 5.41) is 12.6. The maximum Gasteiger partial charge on any atom is 0.395 e. The zero-order valence-electron chi connectivity index (χ0n) is 21.9. The van der Waals surface area contributed by atoms with Crippen molar-refractivity contribution in [3.63, 3.8) is 0 Å². The molecule has 1 aromatic heterocycles. The molecule has 0 radical (unpaired) electrons. The number of nitrogens with one attached hydrogen (secondary N) is 1. The minimum absolute atomic E-state index is 0.0113. The number of nitriles is 1. The third-order valence-corrected chi connectivity index (χ3v) is 6.07. The van der Waals surface area contributed by atoms with E-state index in [1.54, 1.807) is 31.2 Å². The first kappa shape index (κ1) is 31.7. The predicted molar refractivity (Wildman–Crippen MR) is 146 cm³/mol. The van der Waals surface area contributed by atoms with Crippen molar-refractivity contribution >= 4 is 28.8 Å². The van der Waals surface area contributed by atoms with Crippen molar-refractivity contribution in [2.45, 2.75) is 53.6 Å². The largest absolute Gasteiger partial charge is 0.454 e. The Hall–Kier alpha value is -3.55.